The van der Waals surface area contributed by atoms with E-state index >= 15 is 0 Å². The van der Waals surface area contributed by atoms with Crippen molar-refractivity contribution in [2.45, 2.75) is 50.3 Å². The van der Waals surface area contributed by atoms with E-state index in [-0.39, 0.29) is 23.5 Å². The molecule has 5 aromatic rings. The van der Waals surface area contributed by atoms with Crippen LogP contribution in [0.4, 0.5) is 11.4 Å². The normalized spacial score (nSPS) is 17.9. The Morgan fingerprint density at radius 2 is 1.90 bits per heavy atom. The number of methoxy groups -OCH3 is 1. The number of pyridine rings is 2. The molecule has 256 valence electrons. The van der Waals surface area contributed by atoms with E-state index < -0.39 is 0 Å². The Labute approximate surface area is 295 Å². The van der Waals surface area contributed by atoms with Gasteiger partial charge in [-0.05, 0) is 73.6 Å². The standard InChI is InChI=1S/C38H38ClN7O4/c1-44(2)37(48)29-11-6-8-24(41-29)20-45-21-38(15-16-38)27-18-23(13-14-26(27)36(45)47)25-9-7-10-28(34(25)49-3)42-30-19-31(39)43-35-33(30)40-22-46(35)32-12-4-5-17-50-32/h6-11,13-14,18-19,22,32H,4-5,12,15-17,20-21H2,1-3H3,(H,42,43). The smallest absolute Gasteiger partial charge is 0.271 e. The lowest BCUT2D eigenvalue weighted by Gasteiger charge is -2.35. The summed E-state index contributed by atoms with van der Waals surface area (Å²) in [6.07, 6.45) is 6.67. The van der Waals surface area contributed by atoms with E-state index in [0.29, 0.717) is 64.4 Å². The fourth-order valence-corrected chi connectivity index (χ4v) is 7.49. The van der Waals surface area contributed by atoms with Crippen LogP contribution in [0.25, 0.3) is 22.3 Å². The number of fused-ring (bicyclic) bond motifs is 3. The minimum atomic E-state index is -0.165. The van der Waals surface area contributed by atoms with Crippen molar-refractivity contribution in [3.05, 3.63) is 94.7 Å². The molecule has 11 nitrogen and oxygen atoms in total. The summed E-state index contributed by atoms with van der Waals surface area (Å²) in [7, 11) is 5.06. The van der Waals surface area contributed by atoms with Gasteiger partial charge in [-0.1, -0.05) is 35.9 Å². The van der Waals surface area contributed by atoms with Crippen molar-refractivity contribution in [2.75, 3.05) is 39.7 Å². The van der Waals surface area contributed by atoms with Crippen molar-refractivity contribution >= 4 is 46.0 Å². The van der Waals surface area contributed by atoms with E-state index in [1.807, 2.05) is 51.9 Å². The van der Waals surface area contributed by atoms with Crippen LogP contribution in [0.5, 0.6) is 5.75 Å². The number of carbonyl (C=O) groups excluding carboxylic acids is 2. The van der Waals surface area contributed by atoms with E-state index in [2.05, 4.69) is 21.4 Å². The molecular weight excluding hydrogens is 654 g/mol. The van der Waals surface area contributed by atoms with E-state index in [0.717, 1.165) is 54.5 Å². The van der Waals surface area contributed by atoms with Gasteiger partial charge in [0.05, 0.1) is 37.1 Å². The fraction of sp³-hybridized carbons (Fsp3) is 0.342. The number of aromatic nitrogens is 4. The Morgan fingerprint density at radius 3 is 2.66 bits per heavy atom. The van der Waals surface area contributed by atoms with Crippen molar-refractivity contribution < 1.29 is 19.1 Å². The van der Waals surface area contributed by atoms with Gasteiger partial charge in [0.15, 0.2) is 5.65 Å². The molecule has 2 fully saturated rings. The van der Waals surface area contributed by atoms with Gasteiger partial charge in [-0.25, -0.2) is 15.0 Å². The SMILES string of the molecule is COc1c(Nc2cc(Cl)nc3c2ncn3C2CCCCO2)cccc1-c1ccc2c(c1)C1(CC1)CN(Cc1cccc(C(=O)N(C)C)n1)C2=O. The number of carbonyl (C=O) groups is 2. The number of hydrogen-bond acceptors (Lipinski definition) is 8. The summed E-state index contributed by atoms with van der Waals surface area (Å²) in [5.41, 5.74) is 7.40. The maximum absolute atomic E-state index is 13.9. The Kier molecular flexibility index (Phi) is 8.19. The molecular formula is C38H38ClN7O4. The van der Waals surface area contributed by atoms with Gasteiger partial charge in [0.1, 0.15) is 28.3 Å². The molecule has 1 unspecified atom stereocenters. The first-order valence-corrected chi connectivity index (χ1v) is 17.3. The Bertz CT molecular complexity index is 2140. The van der Waals surface area contributed by atoms with Crippen LogP contribution in [0.2, 0.25) is 5.15 Å². The van der Waals surface area contributed by atoms with Crippen LogP contribution in [-0.2, 0) is 16.7 Å². The van der Waals surface area contributed by atoms with E-state index in [1.54, 1.807) is 39.7 Å². The number of nitrogens with zero attached hydrogens (tertiary/aromatic N) is 6. The zero-order chi connectivity index (χ0) is 34.6. The third-order valence-electron chi connectivity index (χ3n) is 10.0. The fourth-order valence-electron chi connectivity index (χ4n) is 7.30. The number of hydrogen-bond donors (Lipinski definition) is 1. The topological polar surface area (TPSA) is 115 Å². The molecule has 1 spiro atoms. The third-order valence-corrected chi connectivity index (χ3v) is 10.2. The molecule has 1 aliphatic carbocycles. The highest BCUT2D eigenvalue weighted by atomic mass is 35.5. The van der Waals surface area contributed by atoms with Crippen LogP contribution in [0.3, 0.4) is 0 Å². The zero-order valence-corrected chi connectivity index (χ0v) is 29.0. The molecule has 8 rings (SSSR count). The monoisotopic (exact) mass is 691 g/mol. The maximum atomic E-state index is 13.9. The van der Waals surface area contributed by atoms with Gasteiger partial charge in [0.25, 0.3) is 11.8 Å². The van der Waals surface area contributed by atoms with Crippen molar-refractivity contribution in [3.63, 3.8) is 0 Å². The summed E-state index contributed by atoms with van der Waals surface area (Å²) in [5, 5.41) is 3.87. The highest BCUT2D eigenvalue weighted by Gasteiger charge is 2.51. The van der Waals surface area contributed by atoms with Gasteiger partial charge < -0.3 is 24.6 Å². The number of rotatable bonds is 8. The lowest BCUT2D eigenvalue weighted by atomic mass is 9.84. The number of amides is 2. The van der Waals surface area contributed by atoms with Crippen LogP contribution < -0.4 is 10.1 Å². The van der Waals surface area contributed by atoms with E-state index in [9.17, 15) is 9.59 Å². The summed E-state index contributed by atoms with van der Waals surface area (Å²) >= 11 is 6.54. The van der Waals surface area contributed by atoms with Crippen molar-refractivity contribution in [2.24, 2.45) is 0 Å². The van der Waals surface area contributed by atoms with E-state index in [1.165, 1.54) is 4.90 Å². The van der Waals surface area contributed by atoms with E-state index in [4.69, 9.17) is 26.1 Å². The molecule has 12 heteroatoms. The van der Waals surface area contributed by atoms with Crippen LogP contribution in [0, 0.1) is 0 Å². The number of para-hydroxylation sites is 1. The van der Waals surface area contributed by atoms with Crippen molar-refractivity contribution in [1.29, 1.82) is 0 Å². The molecule has 2 aromatic carbocycles. The lowest BCUT2D eigenvalue weighted by Crippen LogP contribution is -2.43. The van der Waals surface area contributed by atoms with Gasteiger partial charge >= 0.3 is 0 Å². The van der Waals surface area contributed by atoms with Gasteiger partial charge in [0.2, 0.25) is 0 Å². The highest BCUT2D eigenvalue weighted by molar-refractivity contribution is 6.30. The molecule has 5 heterocycles. The Balaban J connectivity index is 1.09. The molecule has 1 saturated carbocycles. The molecule has 0 radical (unpaired) electrons. The number of nitrogens with one attached hydrogen (secondary N) is 1. The first kappa shape index (κ1) is 32.2. The number of halogens is 1. The molecule has 3 aliphatic rings. The molecule has 1 atom stereocenters. The minimum absolute atomic E-state index is 0.0331. The summed E-state index contributed by atoms with van der Waals surface area (Å²) in [6, 6.07) is 19.2. The zero-order valence-electron chi connectivity index (χ0n) is 28.3. The minimum Gasteiger partial charge on any atom is -0.494 e. The van der Waals surface area contributed by atoms with Gasteiger partial charge in [-0.2, -0.15) is 0 Å². The van der Waals surface area contributed by atoms with Crippen LogP contribution in [0.15, 0.2) is 67.0 Å². The lowest BCUT2D eigenvalue weighted by molar-refractivity contribution is -0.0298. The second kappa shape index (κ2) is 12.7. The predicted octanol–water partition coefficient (Wildman–Crippen LogP) is 6.99. The second-order valence-corrected chi connectivity index (χ2v) is 14.0. The molecule has 2 amide bonds. The summed E-state index contributed by atoms with van der Waals surface area (Å²) in [6.45, 7) is 1.66. The number of anilines is 2. The van der Waals surface area contributed by atoms with Gasteiger partial charge in [0, 0.05) is 49.9 Å². The first-order chi connectivity index (χ1) is 24.2. The van der Waals surface area contributed by atoms with Crippen LogP contribution in [-0.4, -0.2) is 75.5 Å². The quantitative estimate of drug-likeness (QED) is 0.173. The molecule has 50 heavy (non-hydrogen) atoms. The summed E-state index contributed by atoms with van der Waals surface area (Å²) < 4.78 is 14.0. The molecule has 1 saturated heterocycles. The molecule has 0 bridgehead atoms. The van der Waals surface area contributed by atoms with Gasteiger partial charge in [-0.3, -0.25) is 14.2 Å². The molecule has 1 N–H and O–H groups in total. The van der Waals surface area contributed by atoms with Crippen LogP contribution in [0.1, 0.15) is 70.4 Å². The largest absolute Gasteiger partial charge is 0.494 e. The highest BCUT2D eigenvalue weighted by Crippen LogP contribution is 2.53. The maximum Gasteiger partial charge on any atom is 0.271 e. The molecule has 3 aromatic heterocycles. The third kappa shape index (κ3) is 5.74. The van der Waals surface area contributed by atoms with Crippen molar-refractivity contribution in [3.8, 4) is 16.9 Å². The average Bonchev–Trinajstić information content (AvgIpc) is 3.78. The first-order valence-electron chi connectivity index (χ1n) is 17.0. The second-order valence-electron chi connectivity index (χ2n) is 13.6. The Morgan fingerprint density at radius 1 is 1.06 bits per heavy atom. The molecule has 2 aliphatic heterocycles. The summed E-state index contributed by atoms with van der Waals surface area (Å²) in [5.74, 6) is 0.464. The van der Waals surface area contributed by atoms with Crippen LogP contribution >= 0.6 is 11.6 Å². The Hall–Kier alpha value is -5.00. The number of benzene rings is 2. The number of imidazole rings is 1. The number of ether oxygens (including phenoxy) is 2. The summed E-state index contributed by atoms with van der Waals surface area (Å²) in [4.78, 5) is 43.6. The van der Waals surface area contributed by atoms with Gasteiger partial charge in [-0.15, -0.1) is 0 Å². The average molecular weight is 692 g/mol. The predicted molar refractivity (Wildman–Crippen MR) is 191 cm³/mol. The van der Waals surface area contributed by atoms with Crippen molar-refractivity contribution in [1.82, 2.24) is 29.3 Å².